The third kappa shape index (κ3) is 2.18. The Labute approximate surface area is 163 Å². The van der Waals surface area contributed by atoms with Gasteiger partial charge in [-0.05, 0) is 29.3 Å². The van der Waals surface area contributed by atoms with E-state index >= 15 is 0 Å². The summed E-state index contributed by atoms with van der Waals surface area (Å²) < 4.78 is 0. The zero-order valence-electron chi connectivity index (χ0n) is 14.2. The molecule has 1 aliphatic carbocycles. The molecule has 1 aliphatic rings. The minimum atomic E-state index is -0.688. The second-order valence-corrected chi connectivity index (χ2v) is 6.73. The second-order valence-electron chi connectivity index (χ2n) is 6.39. The molecule has 4 aromatic rings. The number of carbonyl (C=O) groups excluding carboxylic acids is 3. The summed E-state index contributed by atoms with van der Waals surface area (Å²) in [6, 6.07) is 14.8. The molecule has 7 heteroatoms. The van der Waals surface area contributed by atoms with Crippen LogP contribution in [0.4, 0.5) is 0 Å². The van der Waals surface area contributed by atoms with E-state index in [1.807, 2.05) is 0 Å². The monoisotopic (exact) mass is 387 g/mol. The third-order valence-corrected chi connectivity index (χ3v) is 5.13. The zero-order valence-corrected chi connectivity index (χ0v) is 14.9. The smallest absolute Gasteiger partial charge is 0.253 e. The van der Waals surface area contributed by atoms with E-state index < -0.39 is 5.24 Å². The minimum Gasteiger partial charge on any atom is -0.289 e. The number of H-pyrrole nitrogens is 1. The van der Waals surface area contributed by atoms with Gasteiger partial charge in [0.1, 0.15) is 11.0 Å². The van der Waals surface area contributed by atoms with E-state index in [9.17, 15) is 14.4 Å². The molecule has 28 heavy (non-hydrogen) atoms. The molecule has 5 rings (SSSR count). The molecule has 0 radical (unpaired) electrons. The average Bonchev–Trinajstić information content (AvgIpc) is 3.19. The standard InChI is InChI=1S/C21H10ClN3O3/c22-21(28)14-8-9-15-18(24-25-23-15)16(14)12-6-3-7-13-17(12)20(27)11-5-2-1-4-10(11)19(13)26/h1-9H,(H,23,24,25). The van der Waals surface area contributed by atoms with Crippen molar-refractivity contribution in [1.29, 1.82) is 0 Å². The maximum Gasteiger partial charge on any atom is 0.253 e. The van der Waals surface area contributed by atoms with Gasteiger partial charge in [-0.25, -0.2) is 0 Å². The fourth-order valence-electron chi connectivity index (χ4n) is 3.70. The number of hydrogen-bond donors (Lipinski definition) is 1. The van der Waals surface area contributed by atoms with Crippen LogP contribution in [0.2, 0.25) is 0 Å². The summed E-state index contributed by atoms with van der Waals surface area (Å²) >= 11 is 5.81. The van der Waals surface area contributed by atoms with E-state index in [4.69, 9.17) is 11.6 Å². The number of nitrogens with one attached hydrogen (secondary N) is 1. The number of fused-ring (bicyclic) bond motifs is 3. The van der Waals surface area contributed by atoms with Gasteiger partial charge in [0.05, 0.1) is 0 Å². The molecule has 1 aromatic heterocycles. The number of hydrogen-bond acceptors (Lipinski definition) is 5. The Morgan fingerprint density at radius 2 is 1.43 bits per heavy atom. The minimum absolute atomic E-state index is 0.190. The predicted octanol–water partition coefficient (Wildman–Crippen LogP) is 3.78. The first-order chi connectivity index (χ1) is 13.6. The van der Waals surface area contributed by atoms with Gasteiger partial charge in [0.15, 0.2) is 11.6 Å². The van der Waals surface area contributed by atoms with Crippen molar-refractivity contribution in [2.24, 2.45) is 0 Å². The Morgan fingerprint density at radius 3 is 2.18 bits per heavy atom. The van der Waals surface area contributed by atoms with Crippen molar-refractivity contribution in [3.05, 3.63) is 82.4 Å². The first-order valence-electron chi connectivity index (χ1n) is 8.43. The average molecular weight is 388 g/mol. The molecule has 134 valence electrons. The summed E-state index contributed by atoms with van der Waals surface area (Å²) in [5.74, 6) is -0.521. The zero-order chi connectivity index (χ0) is 19.4. The van der Waals surface area contributed by atoms with E-state index in [0.717, 1.165) is 0 Å². The van der Waals surface area contributed by atoms with Crippen molar-refractivity contribution < 1.29 is 14.4 Å². The molecule has 0 atom stereocenters. The van der Waals surface area contributed by atoms with Crippen LogP contribution in [0, 0.1) is 0 Å². The normalized spacial score (nSPS) is 12.8. The molecule has 0 saturated carbocycles. The van der Waals surface area contributed by atoms with Gasteiger partial charge in [0.25, 0.3) is 5.24 Å². The highest BCUT2D eigenvalue weighted by Gasteiger charge is 2.33. The Balaban J connectivity index is 1.89. The molecule has 3 aromatic carbocycles. The Bertz CT molecular complexity index is 1340. The van der Waals surface area contributed by atoms with Crippen LogP contribution in [0.1, 0.15) is 42.2 Å². The van der Waals surface area contributed by atoms with Gasteiger partial charge in [-0.3, -0.25) is 14.4 Å². The Hall–Kier alpha value is -3.64. The topological polar surface area (TPSA) is 92.8 Å². The van der Waals surface area contributed by atoms with Crippen molar-refractivity contribution in [2.45, 2.75) is 0 Å². The molecule has 6 nitrogen and oxygen atoms in total. The fraction of sp³-hybridized carbons (Fsp3) is 0. The highest BCUT2D eigenvalue weighted by molar-refractivity contribution is 6.68. The fourth-order valence-corrected chi connectivity index (χ4v) is 3.86. The van der Waals surface area contributed by atoms with Crippen LogP contribution in [-0.4, -0.2) is 32.2 Å². The number of benzene rings is 3. The summed E-state index contributed by atoms with van der Waals surface area (Å²) in [7, 11) is 0. The molecule has 0 spiro atoms. The van der Waals surface area contributed by atoms with Gasteiger partial charge in [-0.15, -0.1) is 0 Å². The first kappa shape index (κ1) is 16.5. The van der Waals surface area contributed by atoms with Gasteiger partial charge >= 0.3 is 0 Å². The molecule has 0 aliphatic heterocycles. The maximum absolute atomic E-state index is 13.3. The quantitative estimate of drug-likeness (QED) is 0.465. The second kappa shape index (κ2) is 5.94. The van der Waals surface area contributed by atoms with Gasteiger partial charge in [0, 0.05) is 33.4 Å². The lowest BCUT2D eigenvalue weighted by Gasteiger charge is -2.21. The number of halogens is 1. The Kier molecular flexibility index (Phi) is 3.50. The number of nitrogens with zero attached hydrogens (tertiary/aromatic N) is 2. The van der Waals surface area contributed by atoms with Crippen molar-refractivity contribution in [3.8, 4) is 11.1 Å². The number of ketones is 2. The lowest BCUT2D eigenvalue weighted by atomic mass is 9.80. The van der Waals surface area contributed by atoms with E-state index in [1.165, 1.54) is 6.07 Å². The lowest BCUT2D eigenvalue weighted by molar-refractivity contribution is 0.0979. The number of aromatic amines is 1. The van der Waals surface area contributed by atoms with Crippen LogP contribution in [0.3, 0.4) is 0 Å². The number of rotatable bonds is 2. The molecular formula is C21H10ClN3O3. The van der Waals surface area contributed by atoms with Crippen LogP contribution in [0.25, 0.3) is 22.2 Å². The highest BCUT2D eigenvalue weighted by atomic mass is 35.5. The first-order valence-corrected chi connectivity index (χ1v) is 8.81. The van der Waals surface area contributed by atoms with Crippen LogP contribution in [0.5, 0.6) is 0 Å². The SMILES string of the molecule is O=C1c2ccccc2C(=O)c2c1cccc2-c1c(C(=O)Cl)ccc2n[nH]nc12. The molecule has 0 fully saturated rings. The van der Waals surface area contributed by atoms with E-state index in [0.29, 0.717) is 33.3 Å². The van der Waals surface area contributed by atoms with E-state index in [-0.39, 0.29) is 28.3 Å². The van der Waals surface area contributed by atoms with Crippen molar-refractivity contribution in [1.82, 2.24) is 15.4 Å². The highest BCUT2D eigenvalue weighted by Crippen LogP contribution is 2.38. The van der Waals surface area contributed by atoms with Gasteiger partial charge < -0.3 is 0 Å². The van der Waals surface area contributed by atoms with Crippen LogP contribution in [-0.2, 0) is 0 Å². The van der Waals surface area contributed by atoms with E-state index in [2.05, 4.69) is 15.4 Å². The van der Waals surface area contributed by atoms with Crippen LogP contribution < -0.4 is 0 Å². The van der Waals surface area contributed by atoms with Crippen molar-refractivity contribution >= 4 is 39.4 Å². The summed E-state index contributed by atoms with van der Waals surface area (Å²) in [4.78, 5) is 38.4. The van der Waals surface area contributed by atoms with Gasteiger partial charge in [0.2, 0.25) is 0 Å². The third-order valence-electron chi connectivity index (χ3n) is 4.92. The van der Waals surface area contributed by atoms with Crippen molar-refractivity contribution in [2.75, 3.05) is 0 Å². The Morgan fingerprint density at radius 1 is 0.750 bits per heavy atom. The molecule has 0 saturated heterocycles. The largest absolute Gasteiger partial charge is 0.289 e. The summed E-state index contributed by atoms with van der Waals surface area (Å²) in [5, 5.41) is 10.0. The number of aromatic nitrogens is 3. The summed E-state index contributed by atoms with van der Waals surface area (Å²) in [6.07, 6.45) is 0. The van der Waals surface area contributed by atoms with Gasteiger partial charge in [-0.2, -0.15) is 15.4 Å². The molecular weight excluding hydrogens is 378 g/mol. The molecule has 0 bridgehead atoms. The summed E-state index contributed by atoms with van der Waals surface area (Å²) in [5.41, 5.74) is 3.14. The molecule has 0 amide bonds. The number of carbonyl (C=O) groups is 3. The molecule has 0 unspecified atom stereocenters. The van der Waals surface area contributed by atoms with Crippen LogP contribution >= 0.6 is 11.6 Å². The van der Waals surface area contributed by atoms with E-state index in [1.54, 1.807) is 48.5 Å². The van der Waals surface area contributed by atoms with Gasteiger partial charge in [-0.1, -0.05) is 42.5 Å². The van der Waals surface area contributed by atoms with Crippen molar-refractivity contribution in [3.63, 3.8) is 0 Å². The molecule has 1 N–H and O–H groups in total. The lowest BCUT2D eigenvalue weighted by Crippen LogP contribution is -2.21. The summed E-state index contributed by atoms with van der Waals surface area (Å²) in [6.45, 7) is 0. The molecule has 1 heterocycles. The van der Waals surface area contributed by atoms with Crippen LogP contribution in [0.15, 0.2) is 54.6 Å². The maximum atomic E-state index is 13.3. The predicted molar refractivity (Wildman–Crippen MR) is 103 cm³/mol.